The monoisotopic (exact) mass is 593 g/mol. The molecule has 216 valence electrons. The van der Waals surface area contributed by atoms with Gasteiger partial charge in [0.15, 0.2) is 5.17 Å². The smallest absolute Gasteiger partial charge is 0.230 e. The number of allylic oxidation sites excluding steroid dienone is 1. The molecule has 2 aromatic carbocycles. The number of amides is 2. The number of hydrogen-bond acceptors (Lipinski definition) is 9. The molecule has 0 saturated heterocycles. The normalized spacial score (nSPS) is 16.7. The summed E-state index contributed by atoms with van der Waals surface area (Å²) in [7, 11) is 3.18. The number of benzene rings is 2. The van der Waals surface area contributed by atoms with Gasteiger partial charge >= 0.3 is 0 Å². The van der Waals surface area contributed by atoms with Crippen LogP contribution in [-0.2, 0) is 22.4 Å². The topological polar surface area (TPSA) is 126 Å². The molecule has 0 radical (unpaired) electrons. The number of nitrogens with zero attached hydrogens (tertiary/aromatic N) is 2. The fourth-order valence-corrected chi connectivity index (χ4v) is 6.55. The number of anilines is 1. The second-order valence-electron chi connectivity index (χ2n) is 9.91. The molecular formula is C30H35N5O4S2. The first kappa shape index (κ1) is 30.3. The van der Waals surface area contributed by atoms with Gasteiger partial charge in [-0.2, -0.15) is 0 Å². The van der Waals surface area contributed by atoms with Crippen LogP contribution in [0.1, 0.15) is 54.2 Å². The Hall–Kier alpha value is -3.70. The van der Waals surface area contributed by atoms with Gasteiger partial charge in [0.05, 0.1) is 27.1 Å². The van der Waals surface area contributed by atoms with E-state index in [0.717, 1.165) is 53.1 Å². The fourth-order valence-electron chi connectivity index (χ4n) is 4.84. The number of ether oxygens (including phenoxy) is 2. The maximum Gasteiger partial charge on any atom is 0.230 e. The molecule has 1 aromatic heterocycles. The molecule has 2 amide bonds. The summed E-state index contributed by atoms with van der Waals surface area (Å²) in [6, 6.07) is 14.8. The van der Waals surface area contributed by atoms with Crippen LogP contribution in [0.2, 0.25) is 0 Å². The summed E-state index contributed by atoms with van der Waals surface area (Å²) in [5, 5.41) is 24.0. The molecular weight excluding hydrogens is 558 g/mol. The van der Waals surface area contributed by atoms with E-state index in [-0.39, 0.29) is 41.7 Å². The summed E-state index contributed by atoms with van der Waals surface area (Å²) in [5.74, 6) is 1.36. The molecule has 41 heavy (non-hydrogen) atoms. The second kappa shape index (κ2) is 14.8. The predicted molar refractivity (Wildman–Crippen MR) is 164 cm³/mol. The second-order valence-corrected chi connectivity index (χ2v) is 12.1. The summed E-state index contributed by atoms with van der Waals surface area (Å²) in [4.78, 5) is 25.9. The number of methoxy groups -OCH3 is 2. The number of amidine groups is 1. The minimum absolute atomic E-state index is 0.0700. The maximum atomic E-state index is 12.6. The van der Waals surface area contributed by atoms with Crippen molar-refractivity contribution in [2.45, 2.75) is 50.9 Å². The highest BCUT2D eigenvalue weighted by Crippen LogP contribution is 2.41. The van der Waals surface area contributed by atoms with E-state index in [2.05, 4.69) is 27.4 Å². The van der Waals surface area contributed by atoms with Gasteiger partial charge in [0.2, 0.25) is 16.9 Å². The van der Waals surface area contributed by atoms with Gasteiger partial charge in [-0.25, -0.2) is 0 Å². The number of thioether (sulfide) groups is 1. The van der Waals surface area contributed by atoms with Crippen LogP contribution in [0, 0.1) is 11.3 Å². The minimum Gasteiger partial charge on any atom is -0.497 e. The Labute approximate surface area is 248 Å². The Kier molecular flexibility index (Phi) is 10.9. The Morgan fingerprint density at radius 1 is 1.00 bits per heavy atom. The van der Waals surface area contributed by atoms with E-state index in [0.29, 0.717) is 16.6 Å². The molecule has 9 nitrogen and oxygen atoms in total. The van der Waals surface area contributed by atoms with E-state index in [1.54, 1.807) is 14.2 Å². The van der Waals surface area contributed by atoms with E-state index < -0.39 is 0 Å². The van der Waals surface area contributed by atoms with Crippen molar-refractivity contribution in [3.63, 3.8) is 0 Å². The van der Waals surface area contributed by atoms with Gasteiger partial charge in [0.1, 0.15) is 16.5 Å². The number of nitrogens with one attached hydrogen (secondary N) is 3. The minimum atomic E-state index is -0.253. The Morgan fingerprint density at radius 3 is 2.29 bits per heavy atom. The molecule has 0 spiro atoms. The van der Waals surface area contributed by atoms with Crippen molar-refractivity contribution in [1.82, 2.24) is 15.5 Å². The number of carbonyl (C=O) groups is 2. The van der Waals surface area contributed by atoms with Gasteiger partial charge in [-0.1, -0.05) is 66.8 Å². The molecule has 3 aromatic rings. The summed E-state index contributed by atoms with van der Waals surface area (Å²) in [5.41, 5.74) is 1.68. The van der Waals surface area contributed by atoms with Gasteiger partial charge < -0.3 is 20.1 Å². The molecule has 1 fully saturated rings. The van der Waals surface area contributed by atoms with Crippen molar-refractivity contribution in [3.8, 4) is 11.5 Å². The third-order valence-electron chi connectivity index (χ3n) is 6.90. The average Bonchev–Trinajstić information content (AvgIpc) is 3.26. The van der Waals surface area contributed by atoms with Crippen molar-refractivity contribution in [2.24, 2.45) is 5.92 Å². The first-order valence-electron chi connectivity index (χ1n) is 13.5. The predicted octanol–water partition coefficient (Wildman–Crippen LogP) is 5.94. The highest BCUT2D eigenvalue weighted by Gasteiger charge is 2.27. The van der Waals surface area contributed by atoms with Crippen LogP contribution >= 0.6 is 23.1 Å². The zero-order valence-corrected chi connectivity index (χ0v) is 24.9. The van der Waals surface area contributed by atoms with Gasteiger partial charge in [0, 0.05) is 5.92 Å². The van der Waals surface area contributed by atoms with E-state index in [9.17, 15) is 9.59 Å². The van der Waals surface area contributed by atoms with Gasteiger partial charge in [0.25, 0.3) is 0 Å². The van der Waals surface area contributed by atoms with Crippen LogP contribution in [0.4, 0.5) is 5.13 Å². The van der Waals surface area contributed by atoms with Crippen LogP contribution in [0.25, 0.3) is 0 Å². The quantitative estimate of drug-likeness (QED) is 0.151. The van der Waals surface area contributed by atoms with Crippen molar-refractivity contribution in [3.05, 3.63) is 76.1 Å². The van der Waals surface area contributed by atoms with Gasteiger partial charge in [-0.05, 0) is 65.5 Å². The fraction of sp³-hybridized carbons (Fsp3) is 0.367. The molecule has 1 aliphatic rings. The molecule has 0 unspecified atom stereocenters. The van der Waals surface area contributed by atoms with Crippen molar-refractivity contribution >= 4 is 45.2 Å². The largest absolute Gasteiger partial charge is 0.497 e. The highest BCUT2D eigenvalue weighted by molar-refractivity contribution is 8.17. The van der Waals surface area contributed by atoms with Crippen LogP contribution in [-0.4, -0.2) is 41.4 Å². The van der Waals surface area contributed by atoms with Crippen molar-refractivity contribution in [2.75, 3.05) is 19.5 Å². The molecule has 0 aliphatic heterocycles. The Bertz CT molecular complexity index is 1390. The van der Waals surface area contributed by atoms with Gasteiger partial charge in [-0.15, -0.1) is 10.2 Å². The van der Waals surface area contributed by atoms with E-state index in [1.807, 2.05) is 48.5 Å². The van der Waals surface area contributed by atoms with Crippen LogP contribution in [0.15, 0.2) is 60.0 Å². The SMILES string of the molecule is C=C(SC(=N)NC(=O)Cc1cccc(OC)c1)[C@@H]1CCCC[C@@H](c2nnc(NC(=O)Cc3cccc(OC)c3)s2)C1. The first-order valence-corrected chi connectivity index (χ1v) is 15.1. The van der Waals surface area contributed by atoms with E-state index >= 15 is 0 Å². The first-order chi connectivity index (χ1) is 19.8. The summed E-state index contributed by atoms with van der Waals surface area (Å²) in [6.45, 7) is 4.25. The van der Waals surface area contributed by atoms with Crippen molar-refractivity contribution in [1.29, 1.82) is 5.41 Å². The molecule has 2 atom stereocenters. The maximum absolute atomic E-state index is 12.6. The summed E-state index contributed by atoms with van der Waals surface area (Å²) in [6.07, 6.45) is 5.28. The van der Waals surface area contributed by atoms with Gasteiger partial charge in [-0.3, -0.25) is 15.0 Å². The summed E-state index contributed by atoms with van der Waals surface area (Å²) < 4.78 is 10.4. The van der Waals surface area contributed by atoms with E-state index in [1.165, 1.54) is 23.1 Å². The standard InChI is InChI=1S/C30H35N5O4S2/c1-19(40-29(31)32-26(36)16-20-8-6-12-24(14-20)38-2)22-10-4-5-11-23(18-22)28-34-35-30(41-28)33-27(37)17-21-9-7-13-25(15-21)39-3/h6-9,12-15,22-23H,1,4-5,10-11,16-18H2,2-3H3,(H2,31,32,36)(H,33,35,37)/t22-,23-/m1/s1. The van der Waals surface area contributed by atoms with E-state index in [4.69, 9.17) is 14.9 Å². The molecule has 1 aliphatic carbocycles. The highest BCUT2D eigenvalue weighted by atomic mass is 32.2. The molecule has 1 saturated carbocycles. The average molecular weight is 594 g/mol. The van der Waals surface area contributed by atoms with Crippen LogP contribution in [0.3, 0.4) is 0 Å². The Balaban J connectivity index is 1.28. The zero-order valence-electron chi connectivity index (χ0n) is 23.3. The number of carbonyl (C=O) groups excluding carboxylic acids is 2. The lowest BCUT2D eigenvalue weighted by atomic mass is 9.93. The molecule has 11 heteroatoms. The lowest BCUT2D eigenvalue weighted by Gasteiger charge is -2.20. The number of hydrogen-bond donors (Lipinski definition) is 3. The van der Waals surface area contributed by atoms with Crippen LogP contribution < -0.4 is 20.1 Å². The zero-order chi connectivity index (χ0) is 29.2. The third kappa shape index (κ3) is 9.15. The summed E-state index contributed by atoms with van der Waals surface area (Å²) >= 11 is 2.62. The molecule has 3 N–H and O–H groups in total. The van der Waals surface area contributed by atoms with Crippen molar-refractivity contribution < 1.29 is 19.1 Å². The molecule has 4 rings (SSSR count). The van der Waals surface area contributed by atoms with Crippen LogP contribution in [0.5, 0.6) is 11.5 Å². The molecule has 1 heterocycles. The Morgan fingerprint density at radius 2 is 1.63 bits per heavy atom. The lowest BCUT2D eigenvalue weighted by Crippen LogP contribution is -2.29. The number of aromatic nitrogens is 2. The third-order valence-corrected chi connectivity index (χ3v) is 8.80. The lowest BCUT2D eigenvalue weighted by molar-refractivity contribution is -0.119. The molecule has 0 bridgehead atoms. The number of rotatable bonds is 10.